The second-order valence-electron chi connectivity index (χ2n) is 7.40. The molecule has 7 nitrogen and oxygen atoms in total. The van der Waals surface area contributed by atoms with Gasteiger partial charge in [-0.15, -0.1) is 0 Å². The third kappa shape index (κ3) is 5.76. The molecule has 1 aromatic rings. The van der Waals surface area contributed by atoms with Crippen LogP contribution in [0.25, 0.3) is 0 Å². The van der Waals surface area contributed by atoms with Gasteiger partial charge in [-0.2, -0.15) is 0 Å². The predicted octanol–water partition coefficient (Wildman–Crippen LogP) is 0.492. The first kappa shape index (κ1) is 19.8. The van der Waals surface area contributed by atoms with E-state index in [9.17, 15) is 14.7 Å². The molecule has 7 heteroatoms. The third-order valence-electron chi connectivity index (χ3n) is 5.35. The summed E-state index contributed by atoms with van der Waals surface area (Å²) in [6.45, 7) is 4.56. The number of hydrogen-bond donors (Lipinski definition) is 2. The van der Waals surface area contributed by atoms with Crippen LogP contribution in [0.4, 0.5) is 0 Å². The van der Waals surface area contributed by atoms with E-state index in [0.717, 1.165) is 13.0 Å². The number of benzene rings is 1. The van der Waals surface area contributed by atoms with Crippen molar-refractivity contribution in [2.45, 2.75) is 24.9 Å². The second kappa shape index (κ2) is 9.30. The van der Waals surface area contributed by atoms with Gasteiger partial charge < -0.3 is 20.1 Å². The van der Waals surface area contributed by atoms with Gasteiger partial charge in [0.15, 0.2) is 0 Å². The number of ether oxygens (including phenoxy) is 1. The van der Waals surface area contributed by atoms with Crippen LogP contribution in [-0.4, -0.2) is 84.8 Å². The summed E-state index contributed by atoms with van der Waals surface area (Å²) in [5, 5.41) is 13.7. The fourth-order valence-corrected chi connectivity index (χ4v) is 3.61. The van der Waals surface area contributed by atoms with E-state index in [2.05, 4.69) is 10.2 Å². The molecule has 148 valence electrons. The van der Waals surface area contributed by atoms with Crippen LogP contribution in [0.2, 0.25) is 0 Å². The van der Waals surface area contributed by atoms with Gasteiger partial charge in [0.2, 0.25) is 5.91 Å². The predicted molar refractivity (Wildman–Crippen MR) is 101 cm³/mol. The van der Waals surface area contributed by atoms with Crippen molar-refractivity contribution in [1.82, 2.24) is 15.1 Å². The van der Waals surface area contributed by atoms with Gasteiger partial charge in [0.1, 0.15) is 0 Å². The van der Waals surface area contributed by atoms with Crippen LogP contribution in [0.15, 0.2) is 30.3 Å². The number of carbonyl (C=O) groups is 2. The van der Waals surface area contributed by atoms with Crippen LogP contribution < -0.4 is 5.32 Å². The lowest BCUT2D eigenvalue weighted by Gasteiger charge is -2.30. The van der Waals surface area contributed by atoms with Gasteiger partial charge in [0, 0.05) is 31.7 Å². The lowest BCUT2D eigenvalue weighted by Crippen LogP contribution is -2.46. The molecule has 0 unspecified atom stereocenters. The molecule has 0 saturated carbocycles. The maximum atomic E-state index is 12.4. The Morgan fingerprint density at radius 2 is 1.81 bits per heavy atom. The monoisotopic (exact) mass is 375 g/mol. The van der Waals surface area contributed by atoms with Crippen LogP contribution in [-0.2, 0) is 9.53 Å². The molecular formula is C20H29N3O4. The SMILES string of the molecule is O=C(NC[C@]1(O)CCCN(CC(=O)N2CCOCC2)CC1)c1ccccc1. The molecule has 0 radical (unpaired) electrons. The summed E-state index contributed by atoms with van der Waals surface area (Å²) in [5.74, 6) is -0.0475. The maximum Gasteiger partial charge on any atom is 0.251 e. The van der Waals surface area contributed by atoms with Crippen LogP contribution in [0.5, 0.6) is 0 Å². The third-order valence-corrected chi connectivity index (χ3v) is 5.35. The van der Waals surface area contributed by atoms with Gasteiger partial charge >= 0.3 is 0 Å². The second-order valence-corrected chi connectivity index (χ2v) is 7.40. The average molecular weight is 375 g/mol. The Labute approximate surface area is 160 Å². The van der Waals surface area contributed by atoms with Gasteiger partial charge in [0.25, 0.3) is 5.91 Å². The van der Waals surface area contributed by atoms with Crippen molar-refractivity contribution in [3.05, 3.63) is 35.9 Å². The van der Waals surface area contributed by atoms with Crippen molar-refractivity contribution in [3.63, 3.8) is 0 Å². The zero-order valence-electron chi connectivity index (χ0n) is 15.7. The van der Waals surface area contributed by atoms with Gasteiger partial charge in [-0.25, -0.2) is 0 Å². The summed E-state index contributed by atoms with van der Waals surface area (Å²) < 4.78 is 5.29. The van der Waals surface area contributed by atoms with E-state index in [4.69, 9.17) is 4.74 Å². The Bertz CT molecular complexity index is 633. The first-order valence-corrected chi connectivity index (χ1v) is 9.69. The number of likely N-dealkylation sites (tertiary alicyclic amines) is 1. The summed E-state index contributed by atoms with van der Waals surface area (Å²) in [6.07, 6.45) is 1.96. The largest absolute Gasteiger partial charge is 0.388 e. The van der Waals surface area contributed by atoms with Crippen LogP contribution in [0, 0.1) is 0 Å². The number of morpholine rings is 1. The molecule has 2 aliphatic heterocycles. The minimum Gasteiger partial charge on any atom is -0.388 e. The zero-order chi connectivity index (χ0) is 19.1. The van der Waals surface area contributed by atoms with E-state index < -0.39 is 5.60 Å². The molecule has 0 aromatic heterocycles. The summed E-state index contributed by atoms with van der Waals surface area (Å²) in [5.41, 5.74) is -0.339. The highest BCUT2D eigenvalue weighted by atomic mass is 16.5. The van der Waals surface area contributed by atoms with E-state index >= 15 is 0 Å². The summed E-state index contributed by atoms with van der Waals surface area (Å²) in [4.78, 5) is 28.6. The molecule has 27 heavy (non-hydrogen) atoms. The van der Waals surface area contributed by atoms with E-state index in [1.165, 1.54) is 0 Å². The molecule has 2 heterocycles. The van der Waals surface area contributed by atoms with Crippen molar-refractivity contribution in [1.29, 1.82) is 0 Å². The number of rotatable bonds is 5. The van der Waals surface area contributed by atoms with Crippen LogP contribution in [0.3, 0.4) is 0 Å². The fourth-order valence-electron chi connectivity index (χ4n) is 3.61. The molecule has 1 atom stereocenters. The molecule has 2 saturated heterocycles. The normalized spacial score (nSPS) is 24.3. The smallest absolute Gasteiger partial charge is 0.251 e. The highest BCUT2D eigenvalue weighted by Gasteiger charge is 2.31. The van der Waals surface area contributed by atoms with Crippen molar-refractivity contribution in [3.8, 4) is 0 Å². The molecule has 0 spiro atoms. The summed E-state index contributed by atoms with van der Waals surface area (Å²) in [7, 11) is 0. The van der Waals surface area contributed by atoms with E-state index in [0.29, 0.717) is 57.8 Å². The van der Waals surface area contributed by atoms with Crippen molar-refractivity contribution in [2.24, 2.45) is 0 Å². The Balaban J connectivity index is 1.46. The highest BCUT2D eigenvalue weighted by molar-refractivity contribution is 5.94. The van der Waals surface area contributed by atoms with Crippen LogP contribution in [0.1, 0.15) is 29.6 Å². The van der Waals surface area contributed by atoms with Gasteiger partial charge in [-0.1, -0.05) is 18.2 Å². The first-order chi connectivity index (χ1) is 13.1. The summed E-state index contributed by atoms with van der Waals surface area (Å²) in [6, 6.07) is 9.01. The number of amides is 2. The first-order valence-electron chi connectivity index (χ1n) is 9.69. The molecule has 1 aromatic carbocycles. The highest BCUT2D eigenvalue weighted by Crippen LogP contribution is 2.22. The number of carbonyl (C=O) groups excluding carboxylic acids is 2. The lowest BCUT2D eigenvalue weighted by atomic mass is 9.95. The van der Waals surface area contributed by atoms with Gasteiger partial charge in [-0.05, 0) is 37.9 Å². The maximum absolute atomic E-state index is 12.4. The molecule has 3 rings (SSSR count). The minimum atomic E-state index is -0.929. The topological polar surface area (TPSA) is 82.1 Å². The average Bonchev–Trinajstić information content (AvgIpc) is 2.89. The fraction of sp³-hybridized carbons (Fsp3) is 0.600. The van der Waals surface area contributed by atoms with E-state index in [1.807, 2.05) is 23.1 Å². The van der Waals surface area contributed by atoms with Crippen molar-refractivity contribution in [2.75, 3.05) is 52.5 Å². The van der Waals surface area contributed by atoms with Gasteiger partial charge in [0.05, 0.1) is 25.4 Å². The number of nitrogens with zero attached hydrogens (tertiary/aromatic N) is 2. The van der Waals surface area contributed by atoms with E-state index in [1.54, 1.807) is 12.1 Å². The lowest BCUT2D eigenvalue weighted by molar-refractivity contribution is -0.136. The van der Waals surface area contributed by atoms with Crippen LogP contribution >= 0.6 is 0 Å². The molecular weight excluding hydrogens is 346 g/mol. The van der Waals surface area contributed by atoms with E-state index in [-0.39, 0.29) is 18.4 Å². The molecule has 2 amide bonds. The Morgan fingerprint density at radius 1 is 1.07 bits per heavy atom. The molecule has 0 aliphatic carbocycles. The number of nitrogens with one attached hydrogen (secondary N) is 1. The minimum absolute atomic E-state index is 0.126. The quantitative estimate of drug-likeness (QED) is 0.783. The molecule has 0 bridgehead atoms. The van der Waals surface area contributed by atoms with Gasteiger partial charge in [-0.3, -0.25) is 14.5 Å². The molecule has 2 fully saturated rings. The zero-order valence-corrected chi connectivity index (χ0v) is 15.7. The Kier molecular flexibility index (Phi) is 6.82. The standard InChI is InChI=1S/C20H29N3O4/c24-18(23-11-13-27-14-12-23)15-22-9-4-7-20(26,8-10-22)16-21-19(25)17-5-2-1-3-6-17/h1-3,5-6,26H,4,7-16H2,(H,21,25)/t20-/m0/s1. The summed E-state index contributed by atoms with van der Waals surface area (Å²) >= 11 is 0. The number of aliphatic hydroxyl groups is 1. The molecule has 2 aliphatic rings. The molecule has 2 N–H and O–H groups in total. The Hall–Kier alpha value is -1.96. The van der Waals surface area contributed by atoms with Crippen molar-refractivity contribution >= 4 is 11.8 Å². The Morgan fingerprint density at radius 3 is 2.56 bits per heavy atom. The number of hydrogen-bond acceptors (Lipinski definition) is 5. The van der Waals surface area contributed by atoms with Crippen molar-refractivity contribution < 1.29 is 19.4 Å².